The summed E-state index contributed by atoms with van der Waals surface area (Å²) in [4.78, 5) is 31.7. The van der Waals surface area contributed by atoms with Gasteiger partial charge in [0, 0.05) is 36.9 Å². The number of carbonyl (C=O) groups excluding carboxylic acids is 1. The lowest BCUT2D eigenvalue weighted by Gasteiger charge is -2.13. The third-order valence-electron chi connectivity index (χ3n) is 5.10. The Kier molecular flexibility index (Phi) is 6.23. The van der Waals surface area contributed by atoms with Crippen LogP contribution >= 0.6 is 11.6 Å². The molecule has 0 aliphatic heterocycles. The first-order valence-electron chi connectivity index (χ1n) is 10.1. The van der Waals surface area contributed by atoms with Gasteiger partial charge in [-0.15, -0.1) is 0 Å². The van der Waals surface area contributed by atoms with E-state index in [-0.39, 0.29) is 11.5 Å². The van der Waals surface area contributed by atoms with Crippen molar-refractivity contribution in [3.8, 4) is 0 Å². The highest BCUT2D eigenvalue weighted by molar-refractivity contribution is 6.30. The topological polar surface area (TPSA) is 85.0 Å². The second kappa shape index (κ2) is 9.23. The molecule has 32 heavy (non-hydrogen) atoms. The summed E-state index contributed by atoms with van der Waals surface area (Å²) in [5, 5.41) is 8.23. The zero-order valence-electron chi connectivity index (χ0n) is 17.8. The highest BCUT2D eigenvalue weighted by Crippen LogP contribution is 2.14. The average molecular weight is 451 g/mol. The lowest BCUT2D eigenvalue weighted by Crippen LogP contribution is -2.28. The van der Waals surface area contributed by atoms with E-state index in [0.29, 0.717) is 41.3 Å². The Hall–Kier alpha value is -3.65. The molecular weight excluding hydrogens is 428 g/mol. The average Bonchev–Trinajstić information content (AvgIpc) is 3.19. The van der Waals surface area contributed by atoms with E-state index < -0.39 is 0 Å². The van der Waals surface area contributed by atoms with Crippen LogP contribution in [0.5, 0.6) is 0 Å². The number of aromatic nitrogens is 4. The molecule has 2 heterocycles. The first-order valence-corrected chi connectivity index (χ1v) is 10.5. The number of anilines is 1. The van der Waals surface area contributed by atoms with E-state index in [1.54, 1.807) is 16.8 Å². The molecule has 0 unspecified atom stereocenters. The molecule has 164 valence electrons. The number of rotatable bonds is 7. The van der Waals surface area contributed by atoms with Gasteiger partial charge in [-0.1, -0.05) is 29.8 Å². The molecule has 1 N–H and O–H groups in total. The van der Waals surface area contributed by atoms with Crippen LogP contribution in [-0.2, 0) is 13.1 Å². The molecule has 0 radical (unpaired) electrons. The highest BCUT2D eigenvalue weighted by atomic mass is 35.5. The fourth-order valence-corrected chi connectivity index (χ4v) is 3.62. The second-order valence-corrected chi connectivity index (χ2v) is 8.05. The van der Waals surface area contributed by atoms with E-state index in [4.69, 9.17) is 11.6 Å². The van der Waals surface area contributed by atoms with Gasteiger partial charge < -0.3 is 10.2 Å². The van der Waals surface area contributed by atoms with Gasteiger partial charge in [-0.05, 0) is 35.9 Å². The number of nitrogens with zero attached hydrogens (tertiary/aromatic N) is 5. The van der Waals surface area contributed by atoms with Crippen molar-refractivity contribution < 1.29 is 4.79 Å². The fraction of sp³-hybridized carbons (Fsp3) is 0.217. The number of benzene rings is 2. The summed E-state index contributed by atoms with van der Waals surface area (Å²) in [6, 6.07) is 14.8. The number of fused-ring (bicyclic) bond motifs is 1. The van der Waals surface area contributed by atoms with Crippen LogP contribution in [0.2, 0.25) is 5.02 Å². The lowest BCUT2D eigenvalue weighted by atomic mass is 10.2. The monoisotopic (exact) mass is 450 g/mol. The molecule has 4 rings (SSSR count). The predicted molar refractivity (Wildman–Crippen MR) is 125 cm³/mol. The van der Waals surface area contributed by atoms with Crippen molar-refractivity contribution in [2.45, 2.75) is 13.1 Å². The molecule has 0 aliphatic carbocycles. The minimum Gasteiger partial charge on any atom is -0.378 e. The number of nitrogens with one attached hydrogen (secondary N) is 1. The zero-order valence-corrected chi connectivity index (χ0v) is 18.6. The van der Waals surface area contributed by atoms with Crippen LogP contribution in [-0.4, -0.2) is 45.9 Å². The van der Waals surface area contributed by atoms with E-state index >= 15 is 0 Å². The Morgan fingerprint density at radius 1 is 1.16 bits per heavy atom. The smallest absolute Gasteiger partial charge is 0.264 e. The second-order valence-electron chi connectivity index (χ2n) is 7.61. The quantitative estimate of drug-likeness (QED) is 0.468. The Balaban J connectivity index is 1.44. The van der Waals surface area contributed by atoms with E-state index in [9.17, 15) is 9.59 Å². The van der Waals surface area contributed by atoms with Gasteiger partial charge in [0.15, 0.2) is 5.65 Å². The van der Waals surface area contributed by atoms with Crippen molar-refractivity contribution in [3.63, 3.8) is 0 Å². The zero-order chi connectivity index (χ0) is 22.7. The standard InChI is InChI=1S/C23H23ClN6O2/c1-28(2)19-8-4-6-17(12-19)22(31)25-9-10-30-21-20(13-27-30)23(32)29(15-26-21)14-16-5-3-7-18(24)11-16/h3-8,11-13,15H,9-10,14H2,1-2H3,(H,25,31). The van der Waals surface area contributed by atoms with Crippen LogP contribution in [0, 0.1) is 0 Å². The minimum absolute atomic E-state index is 0.165. The molecule has 8 nitrogen and oxygen atoms in total. The van der Waals surface area contributed by atoms with Gasteiger partial charge in [0.2, 0.25) is 0 Å². The fourth-order valence-electron chi connectivity index (χ4n) is 3.41. The molecule has 0 atom stereocenters. The van der Waals surface area contributed by atoms with E-state index in [1.807, 2.05) is 55.4 Å². The Morgan fingerprint density at radius 2 is 1.97 bits per heavy atom. The number of halogens is 1. The SMILES string of the molecule is CN(C)c1cccc(C(=O)NCCn2ncc3c(=O)n(Cc4cccc(Cl)c4)cnc32)c1. The Bertz CT molecular complexity index is 1330. The molecular formula is C23H23ClN6O2. The summed E-state index contributed by atoms with van der Waals surface area (Å²) >= 11 is 6.03. The van der Waals surface area contributed by atoms with Crippen molar-refractivity contribution >= 4 is 34.2 Å². The van der Waals surface area contributed by atoms with Crippen LogP contribution in [0.25, 0.3) is 11.0 Å². The Labute approximate surface area is 190 Å². The van der Waals surface area contributed by atoms with Gasteiger partial charge in [0.1, 0.15) is 11.7 Å². The number of amides is 1. The molecule has 0 saturated carbocycles. The molecule has 2 aromatic heterocycles. The summed E-state index contributed by atoms with van der Waals surface area (Å²) in [5.41, 5.74) is 2.76. The molecule has 0 bridgehead atoms. The van der Waals surface area contributed by atoms with Crippen molar-refractivity contribution in [1.29, 1.82) is 0 Å². The lowest BCUT2D eigenvalue weighted by molar-refractivity contribution is 0.0952. The van der Waals surface area contributed by atoms with Crippen LogP contribution < -0.4 is 15.8 Å². The first-order chi connectivity index (χ1) is 15.4. The van der Waals surface area contributed by atoms with Crippen LogP contribution in [0.3, 0.4) is 0 Å². The van der Waals surface area contributed by atoms with Crippen LogP contribution in [0.4, 0.5) is 5.69 Å². The molecule has 0 saturated heterocycles. The Morgan fingerprint density at radius 3 is 2.75 bits per heavy atom. The van der Waals surface area contributed by atoms with Gasteiger partial charge >= 0.3 is 0 Å². The molecule has 1 amide bonds. The minimum atomic E-state index is -0.175. The molecule has 0 fully saturated rings. The number of carbonyl (C=O) groups is 1. The van der Waals surface area contributed by atoms with Crippen molar-refractivity contribution in [3.05, 3.63) is 87.6 Å². The number of hydrogen-bond donors (Lipinski definition) is 1. The summed E-state index contributed by atoms with van der Waals surface area (Å²) in [5.74, 6) is -0.165. The van der Waals surface area contributed by atoms with Gasteiger partial charge in [0.25, 0.3) is 11.5 Å². The highest BCUT2D eigenvalue weighted by Gasteiger charge is 2.12. The molecule has 0 spiro atoms. The molecule has 2 aromatic carbocycles. The van der Waals surface area contributed by atoms with E-state index in [0.717, 1.165) is 11.3 Å². The van der Waals surface area contributed by atoms with E-state index in [1.165, 1.54) is 17.1 Å². The van der Waals surface area contributed by atoms with Gasteiger partial charge in [-0.3, -0.25) is 14.2 Å². The predicted octanol–water partition coefficient (Wildman–Crippen LogP) is 2.79. The summed E-state index contributed by atoms with van der Waals surface area (Å²) in [7, 11) is 3.85. The van der Waals surface area contributed by atoms with Crippen LogP contribution in [0.1, 0.15) is 15.9 Å². The largest absolute Gasteiger partial charge is 0.378 e. The van der Waals surface area contributed by atoms with Gasteiger partial charge in [-0.25, -0.2) is 9.67 Å². The van der Waals surface area contributed by atoms with Gasteiger partial charge in [-0.2, -0.15) is 5.10 Å². The molecule has 0 aliphatic rings. The summed E-state index contributed by atoms with van der Waals surface area (Å²) in [6.45, 7) is 1.12. The van der Waals surface area contributed by atoms with Crippen molar-refractivity contribution in [2.24, 2.45) is 0 Å². The van der Waals surface area contributed by atoms with Crippen LogP contribution in [0.15, 0.2) is 65.8 Å². The van der Waals surface area contributed by atoms with Gasteiger partial charge in [0.05, 0.1) is 19.3 Å². The molecule has 9 heteroatoms. The third-order valence-corrected chi connectivity index (χ3v) is 5.33. The first kappa shape index (κ1) is 21.6. The third kappa shape index (κ3) is 4.65. The maximum Gasteiger partial charge on any atom is 0.264 e. The van der Waals surface area contributed by atoms with Crippen molar-refractivity contribution in [1.82, 2.24) is 24.6 Å². The maximum absolute atomic E-state index is 12.8. The summed E-state index contributed by atoms with van der Waals surface area (Å²) < 4.78 is 3.15. The molecule has 4 aromatic rings. The normalized spacial score (nSPS) is 11.0. The summed E-state index contributed by atoms with van der Waals surface area (Å²) in [6.07, 6.45) is 3.02. The maximum atomic E-state index is 12.8. The number of hydrogen-bond acceptors (Lipinski definition) is 5. The van der Waals surface area contributed by atoms with Crippen molar-refractivity contribution in [2.75, 3.05) is 25.5 Å². The van der Waals surface area contributed by atoms with E-state index in [2.05, 4.69) is 15.4 Å².